The summed E-state index contributed by atoms with van der Waals surface area (Å²) >= 11 is 0. The second-order valence-corrected chi connectivity index (χ2v) is 7.22. The highest BCUT2D eigenvalue weighted by molar-refractivity contribution is 5.79. The molecular formula is C21H35N3O3. The monoisotopic (exact) mass is 377 g/mol. The summed E-state index contributed by atoms with van der Waals surface area (Å²) in [6, 6.07) is 8.31. The quantitative estimate of drug-likeness (QED) is 0.314. The van der Waals surface area contributed by atoms with Crippen molar-refractivity contribution in [3.8, 4) is 5.75 Å². The van der Waals surface area contributed by atoms with Crippen molar-refractivity contribution in [1.82, 2.24) is 10.6 Å². The van der Waals surface area contributed by atoms with E-state index in [1.165, 1.54) is 5.56 Å². The number of hydrogen-bond donors (Lipinski definition) is 3. The molecule has 152 valence electrons. The molecule has 1 heterocycles. The van der Waals surface area contributed by atoms with Gasteiger partial charge in [-0.2, -0.15) is 0 Å². The fourth-order valence-electron chi connectivity index (χ4n) is 3.22. The van der Waals surface area contributed by atoms with Gasteiger partial charge < -0.3 is 25.2 Å². The molecule has 1 unspecified atom stereocenters. The highest BCUT2D eigenvalue weighted by Gasteiger charge is 2.34. The van der Waals surface area contributed by atoms with E-state index < -0.39 is 0 Å². The van der Waals surface area contributed by atoms with Crippen LogP contribution < -0.4 is 15.4 Å². The Morgan fingerprint density at radius 1 is 1.30 bits per heavy atom. The number of benzene rings is 1. The molecular weight excluding hydrogens is 342 g/mol. The molecule has 1 aliphatic heterocycles. The lowest BCUT2D eigenvalue weighted by Crippen LogP contribution is -2.45. The van der Waals surface area contributed by atoms with Crippen LogP contribution in [0.15, 0.2) is 29.3 Å². The molecule has 0 amide bonds. The number of guanidine groups is 1. The summed E-state index contributed by atoms with van der Waals surface area (Å²) in [5.41, 5.74) is 1.28. The molecule has 1 aromatic rings. The van der Waals surface area contributed by atoms with Crippen molar-refractivity contribution in [3.05, 3.63) is 29.8 Å². The molecule has 6 nitrogen and oxygen atoms in total. The van der Waals surface area contributed by atoms with Crippen molar-refractivity contribution in [3.63, 3.8) is 0 Å². The van der Waals surface area contributed by atoms with Crippen LogP contribution in [0.25, 0.3) is 0 Å². The molecule has 1 aliphatic rings. The molecule has 1 fully saturated rings. The topological polar surface area (TPSA) is 75.1 Å². The minimum absolute atomic E-state index is 0.0139. The normalized spacial score (nSPS) is 19.9. The van der Waals surface area contributed by atoms with Gasteiger partial charge >= 0.3 is 0 Å². The number of nitrogens with one attached hydrogen (secondary N) is 2. The van der Waals surface area contributed by atoms with Crippen molar-refractivity contribution < 1.29 is 14.6 Å². The van der Waals surface area contributed by atoms with Crippen LogP contribution in [0.1, 0.15) is 38.2 Å². The average Bonchev–Trinajstić information content (AvgIpc) is 3.15. The van der Waals surface area contributed by atoms with Gasteiger partial charge in [0.25, 0.3) is 0 Å². The molecule has 1 aromatic carbocycles. The van der Waals surface area contributed by atoms with Crippen LogP contribution in [0.3, 0.4) is 0 Å². The number of unbranched alkanes of at least 4 members (excludes halogenated alkanes) is 1. The van der Waals surface area contributed by atoms with Gasteiger partial charge in [0.15, 0.2) is 5.96 Å². The first-order valence-corrected chi connectivity index (χ1v) is 10.1. The van der Waals surface area contributed by atoms with Crippen molar-refractivity contribution in [2.24, 2.45) is 10.4 Å². The van der Waals surface area contributed by atoms with Crippen molar-refractivity contribution in [2.45, 2.75) is 39.0 Å². The number of rotatable bonds is 11. The van der Waals surface area contributed by atoms with Gasteiger partial charge in [0.2, 0.25) is 0 Å². The molecule has 2 rings (SSSR count). The van der Waals surface area contributed by atoms with Gasteiger partial charge in [-0.25, -0.2) is 0 Å². The molecule has 0 bridgehead atoms. The molecule has 27 heavy (non-hydrogen) atoms. The Kier molecular flexibility index (Phi) is 9.42. The highest BCUT2D eigenvalue weighted by Crippen LogP contribution is 2.31. The number of ether oxygens (including phenoxy) is 2. The third kappa shape index (κ3) is 7.39. The first-order chi connectivity index (χ1) is 13.2. The van der Waals surface area contributed by atoms with E-state index in [2.05, 4.69) is 34.7 Å². The molecule has 0 aromatic heterocycles. The Morgan fingerprint density at radius 3 is 2.74 bits per heavy atom. The number of aliphatic hydroxyl groups excluding tert-OH is 1. The zero-order valence-corrected chi connectivity index (χ0v) is 16.8. The fraction of sp³-hybridized carbons (Fsp3) is 0.667. The van der Waals surface area contributed by atoms with E-state index in [-0.39, 0.29) is 12.0 Å². The van der Waals surface area contributed by atoms with E-state index >= 15 is 0 Å². The van der Waals surface area contributed by atoms with Crippen LogP contribution in [-0.4, -0.2) is 57.6 Å². The summed E-state index contributed by atoms with van der Waals surface area (Å²) in [7, 11) is 1.78. The Hall–Kier alpha value is -1.79. The Bertz CT molecular complexity index is 554. The molecule has 0 radical (unpaired) electrons. The van der Waals surface area contributed by atoms with Gasteiger partial charge in [-0.15, -0.1) is 0 Å². The molecule has 1 atom stereocenters. The number of aliphatic imine (C=N–C) groups is 1. The summed E-state index contributed by atoms with van der Waals surface area (Å²) in [6.45, 7) is 6.17. The van der Waals surface area contributed by atoms with Gasteiger partial charge in [-0.05, 0) is 43.4 Å². The predicted molar refractivity (Wildman–Crippen MR) is 109 cm³/mol. The summed E-state index contributed by atoms with van der Waals surface area (Å²) in [6.07, 6.45) is 4.88. The van der Waals surface area contributed by atoms with Crippen molar-refractivity contribution in [2.75, 3.05) is 46.6 Å². The summed E-state index contributed by atoms with van der Waals surface area (Å²) < 4.78 is 11.2. The Morgan fingerprint density at radius 2 is 2.11 bits per heavy atom. The van der Waals surface area contributed by atoms with E-state index in [0.29, 0.717) is 6.61 Å². The van der Waals surface area contributed by atoms with Crippen LogP contribution in [0, 0.1) is 5.41 Å². The van der Waals surface area contributed by atoms with Gasteiger partial charge in [0, 0.05) is 38.8 Å². The van der Waals surface area contributed by atoms with Gasteiger partial charge in [0.1, 0.15) is 5.75 Å². The lowest BCUT2D eigenvalue weighted by Gasteiger charge is -2.27. The fourth-order valence-corrected chi connectivity index (χ4v) is 3.22. The standard InChI is InChI=1S/C21H35N3O3/c1-3-4-14-27-19-7-5-18(6-8-19)9-12-23-20(22-2)24-16-21(10-13-25)11-15-26-17-21/h5-8,25H,3-4,9-17H2,1-2H3,(H2,22,23,24). The highest BCUT2D eigenvalue weighted by atomic mass is 16.5. The molecule has 0 saturated carbocycles. The number of hydrogen-bond acceptors (Lipinski definition) is 4. The largest absolute Gasteiger partial charge is 0.494 e. The smallest absolute Gasteiger partial charge is 0.191 e. The maximum absolute atomic E-state index is 9.32. The summed E-state index contributed by atoms with van der Waals surface area (Å²) in [5.74, 6) is 1.73. The third-order valence-corrected chi connectivity index (χ3v) is 5.08. The number of nitrogens with zero attached hydrogens (tertiary/aromatic N) is 1. The van der Waals surface area contributed by atoms with E-state index in [0.717, 1.165) is 70.1 Å². The maximum Gasteiger partial charge on any atom is 0.191 e. The summed E-state index contributed by atoms with van der Waals surface area (Å²) in [4.78, 5) is 4.30. The molecule has 3 N–H and O–H groups in total. The van der Waals surface area contributed by atoms with E-state index in [4.69, 9.17) is 9.47 Å². The second kappa shape index (κ2) is 11.8. The molecule has 0 spiro atoms. The molecule has 6 heteroatoms. The van der Waals surface area contributed by atoms with Crippen LogP contribution in [0.5, 0.6) is 5.75 Å². The van der Waals surface area contributed by atoms with Gasteiger partial charge in [-0.3, -0.25) is 4.99 Å². The van der Waals surface area contributed by atoms with Crippen molar-refractivity contribution >= 4 is 5.96 Å². The Labute approximate surface area is 163 Å². The lowest BCUT2D eigenvalue weighted by atomic mass is 9.84. The first kappa shape index (κ1) is 21.5. The van der Waals surface area contributed by atoms with Crippen LogP contribution in [0.4, 0.5) is 0 Å². The average molecular weight is 378 g/mol. The SMILES string of the molecule is CCCCOc1ccc(CCNC(=NC)NCC2(CCO)CCOC2)cc1. The van der Waals surface area contributed by atoms with Gasteiger partial charge in [0.05, 0.1) is 13.2 Å². The van der Waals surface area contributed by atoms with Crippen LogP contribution >= 0.6 is 0 Å². The van der Waals surface area contributed by atoms with E-state index in [9.17, 15) is 5.11 Å². The zero-order chi connectivity index (χ0) is 19.4. The third-order valence-electron chi connectivity index (χ3n) is 5.08. The second-order valence-electron chi connectivity index (χ2n) is 7.22. The summed E-state index contributed by atoms with van der Waals surface area (Å²) in [5, 5.41) is 16.1. The van der Waals surface area contributed by atoms with Gasteiger partial charge in [-0.1, -0.05) is 25.5 Å². The predicted octanol–water partition coefficient (Wildman–Crippen LogP) is 2.36. The Balaban J connectivity index is 1.71. The number of aliphatic hydroxyl groups is 1. The minimum Gasteiger partial charge on any atom is -0.494 e. The van der Waals surface area contributed by atoms with E-state index in [1.54, 1.807) is 7.05 Å². The lowest BCUT2D eigenvalue weighted by molar-refractivity contribution is 0.127. The molecule has 0 aliphatic carbocycles. The molecule has 1 saturated heterocycles. The van der Waals surface area contributed by atoms with E-state index in [1.807, 2.05) is 12.1 Å². The first-order valence-electron chi connectivity index (χ1n) is 10.1. The van der Waals surface area contributed by atoms with Crippen LogP contribution in [-0.2, 0) is 11.2 Å². The maximum atomic E-state index is 9.32. The van der Waals surface area contributed by atoms with Crippen molar-refractivity contribution in [1.29, 1.82) is 0 Å². The van der Waals surface area contributed by atoms with Crippen LogP contribution in [0.2, 0.25) is 0 Å². The zero-order valence-electron chi connectivity index (χ0n) is 16.8. The minimum atomic E-state index is 0.0139.